The molecule has 3 rings (SSSR count). The maximum atomic E-state index is 10.2. The number of rotatable bonds is 5. The van der Waals surface area contributed by atoms with E-state index in [9.17, 15) is 5.11 Å². The van der Waals surface area contributed by atoms with E-state index in [1.54, 1.807) is 6.07 Å². The molecule has 2 atom stereocenters. The maximum Gasteiger partial charge on any atom is 0.139 e. The van der Waals surface area contributed by atoms with E-state index in [4.69, 9.17) is 4.74 Å². The Morgan fingerprint density at radius 2 is 1.95 bits per heavy atom. The van der Waals surface area contributed by atoms with Crippen LogP contribution < -0.4 is 5.32 Å². The van der Waals surface area contributed by atoms with Gasteiger partial charge >= 0.3 is 0 Å². The molecular weight excluding hydrogens is 274 g/mol. The average molecular weight is 297 g/mol. The highest BCUT2D eigenvalue weighted by Gasteiger charge is 2.29. The number of anilines is 1. The minimum atomic E-state index is 0.0279. The van der Waals surface area contributed by atoms with Gasteiger partial charge in [0.25, 0.3) is 0 Å². The maximum absolute atomic E-state index is 10.2. The number of aromatic hydroxyl groups is 1. The summed E-state index contributed by atoms with van der Waals surface area (Å²) in [5.74, 6) is 0.294. The fourth-order valence-corrected chi connectivity index (χ4v) is 2.99. The molecule has 0 bridgehead atoms. The molecule has 0 fully saturated rings. The van der Waals surface area contributed by atoms with Crippen molar-refractivity contribution in [1.82, 2.24) is 0 Å². The molecule has 2 N–H and O–H groups in total. The van der Waals surface area contributed by atoms with Crippen LogP contribution in [-0.4, -0.2) is 11.7 Å². The van der Waals surface area contributed by atoms with Gasteiger partial charge in [0.15, 0.2) is 0 Å². The van der Waals surface area contributed by atoms with Gasteiger partial charge in [-0.25, -0.2) is 0 Å². The van der Waals surface area contributed by atoms with Crippen molar-refractivity contribution in [3.63, 3.8) is 0 Å². The van der Waals surface area contributed by atoms with E-state index in [1.807, 2.05) is 30.3 Å². The Morgan fingerprint density at radius 3 is 2.73 bits per heavy atom. The zero-order chi connectivity index (χ0) is 15.4. The van der Waals surface area contributed by atoms with Crippen LogP contribution in [0.3, 0.4) is 0 Å². The molecule has 0 amide bonds. The summed E-state index contributed by atoms with van der Waals surface area (Å²) in [6, 6.07) is 16.2. The molecule has 3 heteroatoms. The van der Waals surface area contributed by atoms with Crippen LogP contribution in [0.1, 0.15) is 49.5 Å². The molecule has 0 unspecified atom stereocenters. The van der Waals surface area contributed by atoms with Crippen LogP contribution in [0.25, 0.3) is 0 Å². The molecule has 1 aliphatic heterocycles. The Bertz CT molecular complexity index is 612. The molecule has 0 spiro atoms. The second-order valence-corrected chi connectivity index (χ2v) is 5.80. The van der Waals surface area contributed by atoms with Crippen LogP contribution in [0.15, 0.2) is 48.5 Å². The first-order chi connectivity index (χ1) is 10.8. The zero-order valence-corrected chi connectivity index (χ0v) is 13.0. The third kappa shape index (κ3) is 3.09. The lowest BCUT2D eigenvalue weighted by Gasteiger charge is -2.34. The number of phenols is 1. The van der Waals surface area contributed by atoms with Gasteiger partial charge in [-0.3, -0.25) is 0 Å². The number of unbranched alkanes of at least 4 members (excludes halogenated alkanes) is 1. The molecule has 0 radical (unpaired) electrons. The number of hydrogen-bond acceptors (Lipinski definition) is 3. The topological polar surface area (TPSA) is 41.5 Å². The molecule has 0 saturated carbocycles. The van der Waals surface area contributed by atoms with Gasteiger partial charge in [0.1, 0.15) is 5.75 Å². The molecule has 116 valence electrons. The molecule has 0 aliphatic carbocycles. The van der Waals surface area contributed by atoms with Crippen LogP contribution in [0, 0.1) is 0 Å². The Labute approximate surface area is 131 Å². The largest absolute Gasteiger partial charge is 0.506 e. The third-order valence-corrected chi connectivity index (χ3v) is 4.21. The number of hydrogen-bond donors (Lipinski definition) is 2. The summed E-state index contributed by atoms with van der Waals surface area (Å²) in [6.07, 6.45) is 3.10. The first kappa shape index (κ1) is 14.9. The fraction of sp³-hybridized carbons (Fsp3) is 0.368. The molecule has 22 heavy (non-hydrogen) atoms. The zero-order valence-electron chi connectivity index (χ0n) is 13.0. The molecule has 0 aromatic heterocycles. The van der Waals surface area contributed by atoms with E-state index >= 15 is 0 Å². The first-order valence-corrected chi connectivity index (χ1v) is 8.04. The van der Waals surface area contributed by atoms with Crippen molar-refractivity contribution in [2.45, 2.75) is 38.3 Å². The fourth-order valence-electron chi connectivity index (χ4n) is 2.99. The van der Waals surface area contributed by atoms with E-state index in [2.05, 4.69) is 24.4 Å². The van der Waals surface area contributed by atoms with Gasteiger partial charge in [-0.15, -0.1) is 0 Å². The summed E-state index contributed by atoms with van der Waals surface area (Å²) in [5.41, 5.74) is 3.09. The van der Waals surface area contributed by atoms with Gasteiger partial charge in [-0.05, 0) is 18.1 Å². The van der Waals surface area contributed by atoms with Gasteiger partial charge in [-0.2, -0.15) is 0 Å². The highest BCUT2D eigenvalue weighted by atomic mass is 16.5. The van der Waals surface area contributed by atoms with Gasteiger partial charge in [-0.1, -0.05) is 55.8 Å². The van der Waals surface area contributed by atoms with Crippen molar-refractivity contribution in [2.75, 3.05) is 11.9 Å². The Balaban J connectivity index is 1.88. The molecular formula is C19H23NO2. The smallest absolute Gasteiger partial charge is 0.139 e. The van der Waals surface area contributed by atoms with Crippen molar-refractivity contribution in [3.8, 4) is 5.75 Å². The van der Waals surface area contributed by atoms with Crippen LogP contribution in [-0.2, 0) is 4.74 Å². The van der Waals surface area contributed by atoms with Crippen LogP contribution >= 0.6 is 0 Å². The molecule has 2 aromatic rings. The summed E-state index contributed by atoms with van der Waals surface area (Å²) in [4.78, 5) is 0. The van der Waals surface area contributed by atoms with Crippen LogP contribution in [0.4, 0.5) is 5.69 Å². The molecule has 0 saturated heterocycles. The lowest BCUT2D eigenvalue weighted by Crippen LogP contribution is -2.23. The minimum absolute atomic E-state index is 0.0279. The molecule has 3 nitrogen and oxygen atoms in total. The lowest BCUT2D eigenvalue weighted by atomic mass is 9.90. The standard InChI is InChI=1S/C19H23NO2/c1-2-3-12-22-18-13-16(14-8-5-4-6-9-14)20-19-15(18)10-7-11-17(19)21/h4-11,16,18,20-21H,2-3,12-13H2,1H3/t16-,18-/m0/s1. The quantitative estimate of drug-likeness (QED) is 0.615. The Hall–Kier alpha value is -2.00. The minimum Gasteiger partial charge on any atom is -0.506 e. The number of para-hydroxylation sites is 1. The number of benzene rings is 2. The third-order valence-electron chi connectivity index (χ3n) is 4.21. The highest BCUT2D eigenvalue weighted by molar-refractivity contribution is 5.64. The first-order valence-electron chi connectivity index (χ1n) is 8.04. The predicted octanol–water partition coefficient (Wildman–Crippen LogP) is 4.81. The monoisotopic (exact) mass is 297 g/mol. The number of ether oxygens (including phenoxy) is 1. The summed E-state index contributed by atoms with van der Waals surface area (Å²) in [6.45, 7) is 2.93. The van der Waals surface area contributed by atoms with E-state index in [-0.39, 0.29) is 12.1 Å². The normalized spacial score (nSPS) is 20.2. The van der Waals surface area contributed by atoms with Gasteiger partial charge < -0.3 is 15.2 Å². The van der Waals surface area contributed by atoms with Crippen molar-refractivity contribution in [3.05, 3.63) is 59.7 Å². The summed E-state index contributed by atoms with van der Waals surface area (Å²) in [7, 11) is 0. The van der Waals surface area contributed by atoms with Gasteiger partial charge in [0, 0.05) is 18.6 Å². The lowest BCUT2D eigenvalue weighted by molar-refractivity contribution is 0.0387. The van der Waals surface area contributed by atoms with Crippen LogP contribution in [0.2, 0.25) is 0 Å². The van der Waals surface area contributed by atoms with E-state index < -0.39 is 0 Å². The summed E-state index contributed by atoms with van der Waals surface area (Å²) < 4.78 is 6.11. The van der Waals surface area contributed by atoms with E-state index in [1.165, 1.54) is 5.56 Å². The van der Waals surface area contributed by atoms with Crippen molar-refractivity contribution >= 4 is 5.69 Å². The van der Waals surface area contributed by atoms with E-state index in [0.717, 1.165) is 37.1 Å². The predicted molar refractivity (Wildman–Crippen MR) is 89.1 cm³/mol. The van der Waals surface area contributed by atoms with Gasteiger partial charge in [0.05, 0.1) is 17.8 Å². The number of fused-ring (bicyclic) bond motifs is 1. The second kappa shape index (κ2) is 6.84. The number of nitrogens with one attached hydrogen (secondary N) is 1. The van der Waals surface area contributed by atoms with Crippen molar-refractivity contribution < 1.29 is 9.84 Å². The van der Waals surface area contributed by atoms with Gasteiger partial charge in [0.2, 0.25) is 0 Å². The Kier molecular flexibility index (Phi) is 4.64. The second-order valence-electron chi connectivity index (χ2n) is 5.80. The summed E-state index contributed by atoms with van der Waals surface area (Å²) >= 11 is 0. The van der Waals surface area contributed by atoms with E-state index in [0.29, 0.717) is 5.75 Å². The van der Waals surface area contributed by atoms with Crippen molar-refractivity contribution in [2.24, 2.45) is 0 Å². The Morgan fingerprint density at radius 1 is 1.14 bits per heavy atom. The molecule has 1 aliphatic rings. The average Bonchev–Trinajstić information content (AvgIpc) is 2.56. The van der Waals surface area contributed by atoms with Crippen LogP contribution in [0.5, 0.6) is 5.75 Å². The highest BCUT2D eigenvalue weighted by Crippen LogP contribution is 2.44. The van der Waals surface area contributed by atoms with Crippen molar-refractivity contribution in [1.29, 1.82) is 0 Å². The molecule has 2 aromatic carbocycles. The molecule has 1 heterocycles. The SMILES string of the molecule is CCCCO[C@H]1C[C@@H](c2ccccc2)Nc2c(O)cccc21. The summed E-state index contributed by atoms with van der Waals surface area (Å²) in [5, 5.41) is 13.7. The number of phenolic OH excluding ortho intramolecular Hbond substituents is 1.